The Morgan fingerprint density at radius 1 is 0.931 bits per heavy atom. The summed E-state index contributed by atoms with van der Waals surface area (Å²) < 4.78 is 5.24. The second kappa shape index (κ2) is 8.15. The lowest BCUT2D eigenvalue weighted by atomic mass is 10.0. The Labute approximate surface area is 170 Å². The van der Waals surface area contributed by atoms with Crippen molar-refractivity contribution >= 4 is 16.8 Å². The fourth-order valence-corrected chi connectivity index (χ4v) is 3.37. The van der Waals surface area contributed by atoms with Gasteiger partial charge in [-0.05, 0) is 48.9 Å². The fourth-order valence-electron chi connectivity index (χ4n) is 3.37. The summed E-state index contributed by atoms with van der Waals surface area (Å²) in [6, 6.07) is 27.1. The summed E-state index contributed by atoms with van der Waals surface area (Å²) in [5.74, 6) is 0.666. The molecule has 1 aromatic heterocycles. The van der Waals surface area contributed by atoms with E-state index in [1.165, 1.54) is 0 Å². The van der Waals surface area contributed by atoms with Crippen molar-refractivity contribution in [3.63, 3.8) is 0 Å². The smallest absolute Gasteiger partial charge is 0.252 e. The first kappa shape index (κ1) is 18.7. The van der Waals surface area contributed by atoms with Crippen molar-refractivity contribution in [3.05, 3.63) is 96.1 Å². The van der Waals surface area contributed by atoms with Gasteiger partial charge in [-0.2, -0.15) is 0 Å². The first-order valence-electron chi connectivity index (χ1n) is 9.56. The van der Waals surface area contributed by atoms with Crippen molar-refractivity contribution in [2.75, 3.05) is 7.11 Å². The van der Waals surface area contributed by atoms with Crippen molar-refractivity contribution in [2.45, 2.75) is 13.0 Å². The fraction of sp³-hybridized carbons (Fsp3) is 0.120. The van der Waals surface area contributed by atoms with Crippen LogP contribution in [0.25, 0.3) is 22.2 Å². The number of amides is 1. The number of para-hydroxylation sites is 1. The molecule has 144 valence electrons. The number of rotatable bonds is 5. The summed E-state index contributed by atoms with van der Waals surface area (Å²) in [6.07, 6.45) is 0. The van der Waals surface area contributed by atoms with Crippen LogP contribution in [0.4, 0.5) is 0 Å². The zero-order valence-corrected chi connectivity index (χ0v) is 16.4. The summed E-state index contributed by atoms with van der Waals surface area (Å²) in [7, 11) is 1.64. The van der Waals surface area contributed by atoms with Gasteiger partial charge in [0, 0.05) is 10.9 Å². The van der Waals surface area contributed by atoms with Crippen molar-refractivity contribution < 1.29 is 9.53 Å². The molecule has 0 bridgehead atoms. The van der Waals surface area contributed by atoms with Gasteiger partial charge in [-0.3, -0.25) is 4.79 Å². The number of ether oxygens (including phenoxy) is 1. The number of nitrogens with one attached hydrogen (secondary N) is 1. The summed E-state index contributed by atoms with van der Waals surface area (Å²) in [5.41, 5.74) is 4.16. The molecular formula is C25H22N2O2. The zero-order chi connectivity index (χ0) is 20.2. The van der Waals surface area contributed by atoms with E-state index >= 15 is 0 Å². The van der Waals surface area contributed by atoms with E-state index in [1.54, 1.807) is 7.11 Å². The number of benzene rings is 3. The summed E-state index contributed by atoms with van der Waals surface area (Å²) in [6.45, 7) is 1.99. The third-order valence-corrected chi connectivity index (χ3v) is 4.99. The van der Waals surface area contributed by atoms with Gasteiger partial charge in [0.25, 0.3) is 5.91 Å². The number of hydrogen-bond acceptors (Lipinski definition) is 3. The quantitative estimate of drug-likeness (QED) is 0.503. The standard InChI is InChI=1S/C25H22N2O2/c1-17(18-8-4-3-5-9-18)26-25(28)22-16-24(19-12-14-20(29-2)15-13-19)27-23-11-7-6-10-21(22)23/h3-17H,1-2H3,(H,26,28). The number of nitrogens with zero attached hydrogens (tertiary/aromatic N) is 1. The van der Waals surface area contributed by atoms with Crippen LogP contribution < -0.4 is 10.1 Å². The van der Waals surface area contributed by atoms with E-state index in [9.17, 15) is 4.79 Å². The highest BCUT2D eigenvalue weighted by molar-refractivity contribution is 6.07. The molecule has 4 heteroatoms. The first-order chi connectivity index (χ1) is 14.2. The van der Waals surface area contributed by atoms with E-state index < -0.39 is 0 Å². The number of carbonyl (C=O) groups is 1. The Morgan fingerprint density at radius 2 is 1.62 bits per heavy atom. The molecule has 1 heterocycles. The number of aromatic nitrogens is 1. The molecule has 0 spiro atoms. The number of carbonyl (C=O) groups excluding carboxylic acids is 1. The second-order valence-electron chi connectivity index (χ2n) is 6.91. The Morgan fingerprint density at radius 3 is 2.34 bits per heavy atom. The summed E-state index contributed by atoms with van der Waals surface area (Å²) >= 11 is 0. The molecule has 0 aliphatic heterocycles. The van der Waals surface area contributed by atoms with Crippen LogP contribution in [-0.4, -0.2) is 18.0 Å². The van der Waals surface area contributed by atoms with Crippen molar-refractivity contribution in [1.29, 1.82) is 0 Å². The van der Waals surface area contributed by atoms with E-state index in [-0.39, 0.29) is 11.9 Å². The van der Waals surface area contributed by atoms with Crippen LogP contribution >= 0.6 is 0 Å². The molecule has 0 fully saturated rings. The lowest BCUT2D eigenvalue weighted by Gasteiger charge is -2.16. The highest BCUT2D eigenvalue weighted by Gasteiger charge is 2.16. The average Bonchev–Trinajstić information content (AvgIpc) is 2.79. The number of hydrogen-bond donors (Lipinski definition) is 1. The van der Waals surface area contributed by atoms with Crippen molar-refractivity contribution in [1.82, 2.24) is 10.3 Å². The molecular weight excluding hydrogens is 360 g/mol. The lowest BCUT2D eigenvalue weighted by Crippen LogP contribution is -2.27. The van der Waals surface area contributed by atoms with Gasteiger partial charge in [0.15, 0.2) is 0 Å². The molecule has 1 unspecified atom stereocenters. The molecule has 1 atom stereocenters. The van der Waals surface area contributed by atoms with Gasteiger partial charge < -0.3 is 10.1 Å². The number of fused-ring (bicyclic) bond motifs is 1. The van der Waals surface area contributed by atoms with Gasteiger partial charge in [0.1, 0.15) is 5.75 Å². The maximum atomic E-state index is 13.2. The highest BCUT2D eigenvalue weighted by Crippen LogP contribution is 2.27. The molecule has 1 N–H and O–H groups in total. The monoisotopic (exact) mass is 382 g/mol. The van der Waals surface area contributed by atoms with Crippen LogP contribution in [0.15, 0.2) is 84.9 Å². The van der Waals surface area contributed by atoms with Gasteiger partial charge in [0.2, 0.25) is 0 Å². The van der Waals surface area contributed by atoms with Crippen LogP contribution in [0, 0.1) is 0 Å². The average molecular weight is 382 g/mol. The molecule has 29 heavy (non-hydrogen) atoms. The second-order valence-corrected chi connectivity index (χ2v) is 6.91. The molecule has 4 rings (SSSR count). The van der Waals surface area contributed by atoms with Crippen LogP contribution in [0.5, 0.6) is 5.75 Å². The summed E-state index contributed by atoms with van der Waals surface area (Å²) in [5, 5.41) is 3.95. The molecule has 4 nitrogen and oxygen atoms in total. The predicted molar refractivity (Wildman–Crippen MR) is 116 cm³/mol. The van der Waals surface area contributed by atoms with Crippen molar-refractivity contribution in [2.24, 2.45) is 0 Å². The van der Waals surface area contributed by atoms with Gasteiger partial charge in [0.05, 0.1) is 29.9 Å². The third kappa shape index (κ3) is 3.97. The van der Waals surface area contributed by atoms with Gasteiger partial charge in [-0.1, -0.05) is 48.5 Å². The SMILES string of the molecule is COc1ccc(-c2cc(C(=O)NC(C)c3ccccc3)c3ccccc3n2)cc1. The zero-order valence-electron chi connectivity index (χ0n) is 16.4. The van der Waals surface area contributed by atoms with Gasteiger partial charge in [-0.15, -0.1) is 0 Å². The largest absolute Gasteiger partial charge is 0.497 e. The third-order valence-electron chi connectivity index (χ3n) is 4.99. The molecule has 0 aliphatic rings. The molecule has 0 aliphatic carbocycles. The Balaban J connectivity index is 1.73. The van der Waals surface area contributed by atoms with Gasteiger partial charge in [-0.25, -0.2) is 4.98 Å². The highest BCUT2D eigenvalue weighted by atomic mass is 16.5. The molecule has 3 aromatic carbocycles. The predicted octanol–water partition coefficient (Wildman–Crippen LogP) is 5.40. The van der Waals surface area contributed by atoms with Crippen molar-refractivity contribution in [3.8, 4) is 17.0 Å². The number of methoxy groups -OCH3 is 1. The Bertz CT molecular complexity index is 1140. The minimum atomic E-state index is -0.116. The molecule has 4 aromatic rings. The Kier molecular flexibility index (Phi) is 5.25. The van der Waals surface area contributed by atoms with E-state index in [1.807, 2.05) is 91.9 Å². The normalized spacial score (nSPS) is 11.8. The lowest BCUT2D eigenvalue weighted by molar-refractivity contribution is 0.0941. The maximum absolute atomic E-state index is 13.2. The molecule has 0 radical (unpaired) electrons. The van der Waals surface area contributed by atoms with Crippen LogP contribution in [0.3, 0.4) is 0 Å². The summed E-state index contributed by atoms with van der Waals surface area (Å²) in [4.78, 5) is 17.9. The topological polar surface area (TPSA) is 51.2 Å². The molecule has 0 saturated carbocycles. The van der Waals surface area contributed by atoms with E-state index in [0.29, 0.717) is 5.56 Å². The van der Waals surface area contributed by atoms with E-state index in [4.69, 9.17) is 9.72 Å². The molecule has 1 amide bonds. The van der Waals surface area contributed by atoms with E-state index in [0.717, 1.165) is 33.5 Å². The maximum Gasteiger partial charge on any atom is 0.252 e. The number of pyridine rings is 1. The minimum Gasteiger partial charge on any atom is -0.497 e. The van der Waals surface area contributed by atoms with Crippen LogP contribution in [-0.2, 0) is 0 Å². The Hall–Kier alpha value is -3.66. The minimum absolute atomic E-state index is 0.0972. The first-order valence-corrected chi connectivity index (χ1v) is 9.56. The van der Waals surface area contributed by atoms with Crippen LogP contribution in [0.2, 0.25) is 0 Å². The van der Waals surface area contributed by atoms with E-state index in [2.05, 4.69) is 5.32 Å². The van der Waals surface area contributed by atoms with Crippen LogP contribution in [0.1, 0.15) is 28.9 Å². The van der Waals surface area contributed by atoms with Gasteiger partial charge >= 0.3 is 0 Å². The molecule has 0 saturated heterocycles.